The van der Waals surface area contributed by atoms with Crippen molar-refractivity contribution in [1.82, 2.24) is 0 Å². The Bertz CT molecular complexity index is 557. The number of hydrogen-bond acceptors (Lipinski definition) is 1. The third-order valence-electron chi connectivity index (χ3n) is 3.49. The van der Waals surface area contributed by atoms with Gasteiger partial charge >= 0.3 is 0 Å². The van der Waals surface area contributed by atoms with Crippen LogP contribution in [0.4, 0.5) is 5.69 Å². The Kier molecular flexibility index (Phi) is 2.89. The van der Waals surface area contributed by atoms with Gasteiger partial charge in [-0.1, -0.05) is 61.5 Å². The van der Waals surface area contributed by atoms with Crippen molar-refractivity contribution in [2.75, 3.05) is 4.90 Å². The van der Waals surface area contributed by atoms with Gasteiger partial charge in [0.1, 0.15) is 0 Å². The van der Waals surface area contributed by atoms with E-state index in [0.29, 0.717) is 5.92 Å². The molecule has 1 heteroatoms. The summed E-state index contributed by atoms with van der Waals surface area (Å²) in [6.07, 6.45) is 4.48. The van der Waals surface area contributed by atoms with Gasteiger partial charge in [0.15, 0.2) is 0 Å². The summed E-state index contributed by atoms with van der Waals surface area (Å²) >= 11 is 0. The first-order chi connectivity index (χ1) is 8.84. The van der Waals surface area contributed by atoms with Crippen LogP contribution in [-0.2, 0) is 6.54 Å². The number of fused-ring (bicyclic) bond motifs is 1. The maximum Gasteiger partial charge on any atom is 0.0475 e. The summed E-state index contributed by atoms with van der Waals surface area (Å²) in [6, 6.07) is 19.3. The summed E-state index contributed by atoms with van der Waals surface area (Å²) in [6.45, 7) is 3.18. The van der Waals surface area contributed by atoms with Gasteiger partial charge in [-0.25, -0.2) is 0 Å². The molecule has 0 N–H and O–H groups in total. The second-order valence-corrected chi connectivity index (χ2v) is 4.80. The molecule has 1 nitrogen and oxygen atoms in total. The molecule has 0 bridgehead atoms. The van der Waals surface area contributed by atoms with Crippen molar-refractivity contribution in [2.45, 2.75) is 19.4 Å². The van der Waals surface area contributed by atoms with E-state index in [0.717, 1.165) is 6.54 Å². The van der Waals surface area contributed by atoms with Gasteiger partial charge in [0, 0.05) is 24.4 Å². The second kappa shape index (κ2) is 4.69. The summed E-state index contributed by atoms with van der Waals surface area (Å²) in [5, 5.41) is 0. The molecule has 0 fully saturated rings. The van der Waals surface area contributed by atoms with Crippen LogP contribution in [0.3, 0.4) is 0 Å². The molecule has 1 aliphatic rings. The van der Waals surface area contributed by atoms with E-state index in [4.69, 9.17) is 0 Å². The number of anilines is 1. The highest BCUT2D eigenvalue weighted by Gasteiger charge is 2.16. The zero-order valence-corrected chi connectivity index (χ0v) is 10.6. The van der Waals surface area contributed by atoms with Gasteiger partial charge in [0.25, 0.3) is 0 Å². The lowest BCUT2D eigenvalue weighted by molar-refractivity contribution is 0.868. The van der Waals surface area contributed by atoms with E-state index in [9.17, 15) is 0 Å². The Hall–Kier alpha value is -2.02. The highest BCUT2D eigenvalue weighted by atomic mass is 15.1. The normalized spacial score (nSPS) is 17.6. The Balaban J connectivity index is 1.92. The molecule has 0 radical (unpaired) electrons. The predicted octanol–water partition coefficient (Wildman–Crippen LogP) is 4.32. The van der Waals surface area contributed by atoms with Crippen molar-refractivity contribution in [2.24, 2.45) is 0 Å². The summed E-state index contributed by atoms with van der Waals surface area (Å²) in [7, 11) is 0. The number of hydrogen-bond donors (Lipinski definition) is 0. The monoisotopic (exact) mass is 235 g/mol. The Morgan fingerprint density at radius 1 is 0.944 bits per heavy atom. The molecule has 2 aromatic rings. The maximum atomic E-state index is 2.32. The van der Waals surface area contributed by atoms with E-state index in [-0.39, 0.29) is 0 Å². The summed E-state index contributed by atoms with van der Waals surface area (Å²) in [4.78, 5) is 2.32. The van der Waals surface area contributed by atoms with E-state index in [1.54, 1.807) is 0 Å². The van der Waals surface area contributed by atoms with Gasteiger partial charge in [-0.3, -0.25) is 0 Å². The van der Waals surface area contributed by atoms with Crippen molar-refractivity contribution < 1.29 is 0 Å². The third-order valence-corrected chi connectivity index (χ3v) is 3.49. The standard InChI is InChI=1S/C17H17N/c1-14-11-12-18(13-15-7-3-2-4-8-15)17-10-6-5-9-16(14)17/h2-12,14H,13H2,1H3. The minimum absolute atomic E-state index is 0.508. The largest absolute Gasteiger partial charge is 0.344 e. The molecule has 1 heterocycles. The average molecular weight is 235 g/mol. The molecular formula is C17H17N. The molecular weight excluding hydrogens is 218 g/mol. The second-order valence-electron chi connectivity index (χ2n) is 4.80. The number of allylic oxidation sites excluding steroid dienone is 1. The van der Waals surface area contributed by atoms with Crippen LogP contribution in [0.15, 0.2) is 66.9 Å². The van der Waals surface area contributed by atoms with Crippen molar-refractivity contribution in [3.05, 3.63) is 78.0 Å². The average Bonchev–Trinajstić information content (AvgIpc) is 2.44. The van der Waals surface area contributed by atoms with Crippen LogP contribution in [0, 0.1) is 0 Å². The fourth-order valence-electron chi connectivity index (χ4n) is 2.47. The van der Waals surface area contributed by atoms with Crippen LogP contribution in [0.5, 0.6) is 0 Å². The molecule has 0 spiro atoms. The molecule has 1 unspecified atom stereocenters. The van der Waals surface area contributed by atoms with Gasteiger partial charge in [-0.2, -0.15) is 0 Å². The van der Waals surface area contributed by atoms with Crippen LogP contribution < -0.4 is 4.90 Å². The number of para-hydroxylation sites is 1. The van der Waals surface area contributed by atoms with Crippen molar-refractivity contribution in [3.8, 4) is 0 Å². The molecule has 0 aromatic heterocycles. The maximum absolute atomic E-state index is 2.32. The van der Waals surface area contributed by atoms with Gasteiger partial charge in [-0.15, -0.1) is 0 Å². The summed E-state index contributed by atoms with van der Waals surface area (Å²) < 4.78 is 0. The first kappa shape index (κ1) is 11.1. The molecule has 90 valence electrons. The Morgan fingerprint density at radius 3 is 2.50 bits per heavy atom. The predicted molar refractivity (Wildman–Crippen MR) is 76.6 cm³/mol. The molecule has 0 aliphatic carbocycles. The fraction of sp³-hybridized carbons (Fsp3) is 0.176. The first-order valence-electron chi connectivity index (χ1n) is 6.42. The van der Waals surface area contributed by atoms with E-state index in [1.807, 2.05) is 0 Å². The summed E-state index contributed by atoms with van der Waals surface area (Å²) in [5.41, 5.74) is 4.08. The molecule has 1 atom stereocenters. The first-order valence-corrected chi connectivity index (χ1v) is 6.42. The zero-order chi connectivity index (χ0) is 12.4. The summed E-state index contributed by atoms with van der Waals surface area (Å²) in [5.74, 6) is 0.508. The molecule has 18 heavy (non-hydrogen) atoms. The van der Waals surface area contributed by atoms with E-state index in [1.165, 1.54) is 16.8 Å². The van der Waals surface area contributed by atoms with Crippen molar-refractivity contribution in [3.63, 3.8) is 0 Å². The van der Waals surface area contributed by atoms with Gasteiger partial charge in [0.05, 0.1) is 0 Å². The lowest BCUT2D eigenvalue weighted by Gasteiger charge is -2.29. The van der Waals surface area contributed by atoms with Crippen molar-refractivity contribution >= 4 is 5.69 Å². The number of rotatable bonds is 2. The zero-order valence-electron chi connectivity index (χ0n) is 10.6. The molecule has 0 saturated carbocycles. The highest BCUT2D eigenvalue weighted by molar-refractivity contribution is 5.60. The SMILES string of the molecule is CC1C=CN(Cc2ccccc2)c2ccccc21. The molecule has 3 rings (SSSR count). The molecule has 0 amide bonds. The van der Waals surface area contributed by atoms with E-state index in [2.05, 4.69) is 78.7 Å². The smallest absolute Gasteiger partial charge is 0.0475 e. The lowest BCUT2D eigenvalue weighted by Crippen LogP contribution is -2.20. The van der Waals surface area contributed by atoms with Gasteiger partial charge in [-0.05, 0) is 17.2 Å². The minimum atomic E-state index is 0.508. The van der Waals surface area contributed by atoms with Crippen molar-refractivity contribution in [1.29, 1.82) is 0 Å². The molecule has 2 aromatic carbocycles. The minimum Gasteiger partial charge on any atom is -0.344 e. The van der Waals surface area contributed by atoms with E-state index >= 15 is 0 Å². The number of nitrogens with zero attached hydrogens (tertiary/aromatic N) is 1. The van der Waals surface area contributed by atoms with Crippen LogP contribution in [0.2, 0.25) is 0 Å². The highest BCUT2D eigenvalue weighted by Crippen LogP contribution is 2.33. The van der Waals surface area contributed by atoms with Crippen LogP contribution >= 0.6 is 0 Å². The van der Waals surface area contributed by atoms with Gasteiger partial charge < -0.3 is 4.90 Å². The lowest BCUT2D eigenvalue weighted by atomic mass is 9.95. The third kappa shape index (κ3) is 2.04. The fourth-order valence-corrected chi connectivity index (χ4v) is 2.47. The van der Waals surface area contributed by atoms with Crippen LogP contribution in [-0.4, -0.2) is 0 Å². The quantitative estimate of drug-likeness (QED) is 0.749. The molecule has 1 aliphatic heterocycles. The molecule has 0 saturated heterocycles. The Labute approximate surface area is 108 Å². The topological polar surface area (TPSA) is 3.24 Å². The van der Waals surface area contributed by atoms with Gasteiger partial charge in [0.2, 0.25) is 0 Å². The Morgan fingerprint density at radius 2 is 1.67 bits per heavy atom. The van der Waals surface area contributed by atoms with Crippen LogP contribution in [0.1, 0.15) is 24.0 Å². The van der Waals surface area contributed by atoms with Crippen LogP contribution in [0.25, 0.3) is 0 Å². The number of benzene rings is 2. The van der Waals surface area contributed by atoms with E-state index < -0.39 is 0 Å².